The van der Waals surface area contributed by atoms with Gasteiger partial charge in [-0.05, 0) is 60.5 Å². The predicted octanol–water partition coefficient (Wildman–Crippen LogP) is 4.00. The smallest absolute Gasteiger partial charge is 0.264 e. The van der Waals surface area contributed by atoms with Gasteiger partial charge in [0.05, 0.1) is 23.9 Å². The number of methoxy groups -OCH3 is 1. The first-order valence-corrected chi connectivity index (χ1v) is 11.4. The SMILES string of the molecule is COc1cc(C=NNC(=O)CN(c2ccc(Cl)cc2)S(=O)(=O)c2ccccc2)ccc1C. The fourth-order valence-electron chi connectivity index (χ4n) is 2.90. The highest BCUT2D eigenvalue weighted by atomic mass is 35.5. The van der Waals surface area contributed by atoms with E-state index in [0.717, 1.165) is 15.4 Å². The van der Waals surface area contributed by atoms with E-state index in [4.69, 9.17) is 16.3 Å². The fourth-order valence-corrected chi connectivity index (χ4v) is 4.47. The summed E-state index contributed by atoms with van der Waals surface area (Å²) in [5.74, 6) is 0.0953. The molecule has 1 N–H and O–H groups in total. The highest BCUT2D eigenvalue weighted by Gasteiger charge is 2.27. The number of rotatable bonds is 8. The van der Waals surface area contributed by atoms with Gasteiger partial charge < -0.3 is 4.74 Å². The highest BCUT2D eigenvalue weighted by Crippen LogP contribution is 2.25. The maximum atomic E-state index is 13.2. The zero-order valence-corrected chi connectivity index (χ0v) is 19.1. The third-order valence-electron chi connectivity index (χ3n) is 4.57. The van der Waals surface area contributed by atoms with Crippen molar-refractivity contribution < 1.29 is 17.9 Å². The van der Waals surface area contributed by atoms with E-state index in [1.165, 1.54) is 30.5 Å². The van der Waals surface area contributed by atoms with Gasteiger partial charge in [-0.25, -0.2) is 13.8 Å². The Labute approximate surface area is 192 Å². The van der Waals surface area contributed by atoms with Crippen molar-refractivity contribution in [3.05, 3.63) is 88.9 Å². The van der Waals surface area contributed by atoms with Gasteiger partial charge in [0.1, 0.15) is 12.3 Å². The number of carbonyl (C=O) groups excluding carboxylic acids is 1. The summed E-state index contributed by atoms with van der Waals surface area (Å²) in [4.78, 5) is 12.6. The number of nitrogens with zero attached hydrogens (tertiary/aromatic N) is 2. The van der Waals surface area contributed by atoms with Crippen LogP contribution in [-0.4, -0.2) is 34.2 Å². The number of hydrogen-bond acceptors (Lipinski definition) is 5. The van der Waals surface area contributed by atoms with Crippen molar-refractivity contribution in [2.24, 2.45) is 5.10 Å². The normalized spacial score (nSPS) is 11.3. The number of carbonyl (C=O) groups is 1. The molecule has 0 fully saturated rings. The van der Waals surface area contributed by atoms with Gasteiger partial charge in [0.25, 0.3) is 15.9 Å². The Hall–Kier alpha value is -3.36. The molecular weight excluding hydrogens is 450 g/mol. The van der Waals surface area contributed by atoms with Crippen LogP contribution in [0.4, 0.5) is 5.69 Å². The molecule has 0 aromatic heterocycles. The molecule has 9 heteroatoms. The topological polar surface area (TPSA) is 88.1 Å². The number of amides is 1. The Morgan fingerprint density at radius 2 is 1.78 bits per heavy atom. The molecule has 32 heavy (non-hydrogen) atoms. The molecule has 0 spiro atoms. The molecule has 0 unspecified atom stereocenters. The number of nitrogens with one attached hydrogen (secondary N) is 1. The molecule has 0 atom stereocenters. The standard InChI is InChI=1S/C23H22ClN3O4S/c1-17-8-9-18(14-22(17)31-2)15-25-26-23(28)16-27(20-12-10-19(24)11-13-20)32(29,30)21-6-4-3-5-7-21/h3-15H,16H2,1-2H3,(H,26,28). The summed E-state index contributed by atoms with van der Waals surface area (Å²) in [5, 5.41) is 4.39. The zero-order valence-electron chi connectivity index (χ0n) is 17.5. The first-order chi connectivity index (χ1) is 15.3. The second-order valence-electron chi connectivity index (χ2n) is 6.82. The van der Waals surface area contributed by atoms with Crippen molar-refractivity contribution in [2.45, 2.75) is 11.8 Å². The molecule has 3 aromatic rings. The van der Waals surface area contributed by atoms with Crippen molar-refractivity contribution in [3.63, 3.8) is 0 Å². The average Bonchev–Trinajstić information content (AvgIpc) is 2.80. The number of aryl methyl sites for hydroxylation is 1. The van der Waals surface area contributed by atoms with Crippen molar-refractivity contribution in [2.75, 3.05) is 18.0 Å². The lowest BCUT2D eigenvalue weighted by Gasteiger charge is -2.23. The number of ether oxygens (including phenoxy) is 1. The number of anilines is 1. The van der Waals surface area contributed by atoms with Gasteiger partial charge in [0.2, 0.25) is 0 Å². The van der Waals surface area contributed by atoms with Gasteiger partial charge in [0.15, 0.2) is 0 Å². The molecule has 0 aliphatic carbocycles. The van der Waals surface area contributed by atoms with Crippen molar-refractivity contribution in [1.29, 1.82) is 0 Å². The molecule has 3 rings (SSSR count). The van der Waals surface area contributed by atoms with Crippen molar-refractivity contribution >= 4 is 39.4 Å². The lowest BCUT2D eigenvalue weighted by molar-refractivity contribution is -0.119. The largest absolute Gasteiger partial charge is 0.496 e. The van der Waals surface area contributed by atoms with Crippen LogP contribution >= 0.6 is 11.6 Å². The van der Waals surface area contributed by atoms with E-state index >= 15 is 0 Å². The van der Waals surface area contributed by atoms with Crippen LogP contribution in [-0.2, 0) is 14.8 Å². The monoisotopic (exact) mass is 471 g/mol. The van der Waals surface area contributed by atoms with E-state index in [2.05, 4.69) is 10.5 Å². The number of hydrazone groups is 1. The summed E-state index contributed by atoms with van der Waals surface area (Å²) in [7, 11) is -2.42. The Morgan fingerprint density at radius 3 is 2.44 bits per heavy atom. The van der Waals surface area contributed by atoms with Gasteiger partial charge in [-0.1, -0.05) is 41.9 Å². The van der Waals surface area contributed by atoms with Gasteiger partial charge in [-0.3, -0.25) is 9.10 Å². The quantitative estimate of drug-likeness (QED) is 0.397. The summed E-state index contributed by atoms with van der Waals surface area (Å²) in [5.41, 5.74) is 4.37. The highest BCUT2D eigenvalue weighted by molar-refractivity contribution is 7.92. The Bertz CT molecular complexity index is 1210. The summed E-state index contributed by atoms with van der Waals surface area (Å²) in [6.45, 7) is 1.45. The maximum absolute atomic E-state index is 13.2. The summed E-state index contributed by atoms with van der Waals surface area (Å²) in [6.07, 6.45) is 1.46. The number of hydrogen-bond donors (Lipinski definition) is 1. The molecular formula is C23H22ClN3O4S. The van der Waals surface area contributed by atoms with Crippen LogP contribution < -0.4 is 14.5 Å². The van der Waals surface area contributed by atoms with Gasteiger partial charge >= 0.3 is 0 Å². The minimum absolute atomic E-state index is 0.0676. The molecule has 0 heterocycles. The first kappa shape index (κ1) is 23.3. The molecule has 0 aliphatic heterocycles. The maximum Gasteiger partial charge on any atom is 0.264 e. The van der Waals surface area contributed by atoms with Crippen molar-refractivity contribution in [3.8, 4) is 5.75 Å². The molecule has 3 aromatic carbocycles. The van der Waals surface area contributed by atoms with E-state index in [-0.39, 0.29) is 4.90 Å². The van der Waals surface area contributed by atoms with E-state index in [9.17, 15) is 13.2 Å². The molecule has 0 radical (unpaired) electrons. The average molecular weight is 472 g/mol. The van der Waals surface area contributed by atoms with Crippen LogP contribution in [0, 0.1) is 6.92 Å². The van der Waals surface area contributed by atoms with Crippen LogP contribution in [0.1, 0.15) is 11.1 Å². The van der Waals surface area contributed by atoms with Crippen LogP contribution in [0.2, 0.25) is 5.02 Å². The number of benzene rings is 3. The van der Waals surface area contributed by atoms with E-state index in [1.54, 1.807) is 43.5 Å². The van der Waals surface area contributed by atoms with Crippen molar-refractivity contribution in [1.82, 2.24) is 5.43 Å². The molecule has 0 aliphatic rings. The zero-order chi connectivity index (χ0) is 23.1. The Balaban J connectivity index is 1.80. The number of sulfonamides is 1. The number of halogens is 1. The minimum atomic E-state index is -3.99. The first-order valence-electron chi connectivity index (χ1n) is 9.61. The summed E-state index contributed by atoms with van der Waals surface area (Å²) < 4.78 is 32.7. The lowest BCUT2D eigenvalue weighted by atomic mass is 10.1. The molecule has 1 amide bonds. The van der Waals surface area contributed by atoms with E-state index in [0.29, 0.717) is 16.5 Å². The lowest BCUT2D eigenvalue weighted by Crippen LogP contribution is -2.39. The van der Waals surface area contributed by atoms with Crippen LogP contribution in [0.3, 0.4) is 0 Å². The second-order valence-corrected chi connectivity index (χ2v) is 9.12. The predicted molar refractivity (Wildman–Crippen MR) is 126 cm³/mol. The van der Waals surface area contributed by atoms with Gasteiger partial charge in [-0.15, -0.1) is 0 Å². The minimum Gasteiger partial charge on any atom is -0.496 e. The molecule has 7 nitrogen and oxygen atoms in total. The Morgan fingerprint density at radius 1 is 1.09 bits per heavy atom. The fraction of sp³-hybridized carbons (Fsp3) is 0.130. The summed E-state index contributed by atoms with van der Waals surface area (Å²) in [6, 6.07) is 19.6. The molecule has 0 saturated carbocycles. The molecule has 0 bridgehead atoms. The van der Waals surface area contributed by atoms with Crippen LogP contribution in [0.25, 0.3) is 0 Å². The third kappa shape index (κ3) is 5.66. The van der Waals surface area contributed by atoms with Gasteiger partial charge in [0, 0.05) is 5.02 Å². The molecule has 0 saturated heterocycles. The van der Waals surface area contributed by atoms with Crippen LogP contribution in [0.5, 0.6) is 5.75 Å². The van der Waals surface area contributed by atoms with E-state index < -0.39 is 22.5 Å². The third-order valence-corrected chi connectivity index (χ3v) is 6.61. The van der Waals surface area contributed by atoms with Gasteiger partial charge in [-0.2, -0.15) is 5.10 Å². The molecule has 166 valence electrons. The van der Waals surface area contributed by atoms with Crippen LogP contribution in [0.15, 0.2) is 82.8 Å². The second kappa shape index (κ2) is 10.3. The van der Waals surface area contributed by atoms with E-state index in [1.807, 2.05) is 19.1 Å². The Kier molecular flexibility index (Phi) is 7.50. The summed E-state index contributed by atoms with van der Waals surface area (Å²) >= 11 is 5.94.